The highest BCUT2D eigenvalue weighted by Gasteiger charge is 2.35. The number of hydrogen-bond donors (Lipinski definition) is 1. The molecule has 1 amide bonds. The predicted molar refractivity (Wildman–Crippen MR) is 158 cm³/mol. The van der Waals surface area contributed by atoms with E-state index in [0.29, 0.717) is 45.3 Å². The van der Waals surface area contributed by atoms with Gasteiger partial charge in [0, 0.05) is 28.6 Å². The molecule has 41 heavy (non-hydrogen) atoms. The lowest BCUT2D eigenvalue weighted by molar-refractivity contribution is -0.141. The molecular formula is C34H37FN2O4. The molecule has 0 bridgehead atoms. The average molecular weight is 557 g/mol. The third kappa shape index (κ3) is 6.14. The molecular weight excluding hydrogens is 519 g/mol. The highest BCUT2D eigenvalue weighted by molar-refractivity contribution is 5.88. The van der Waals surface area contributed by atoms with Crippen LogP contribution in [-0.2, 0) is 28.9 Å². The molecule has 4 aromatic rings. The van der Waals surface area contributed by atoms with Crippen LogP contribution in [0.2, 0.25) is 0 Å². The average Bonchev–Trinajstić information content (AvgIpc) is 3.29. The second-order valence-electron chi connectivity index (χ2n) is 10.9. The Labute approximate surface area is 240 Å². The molecule has 1 N–H and O–H groups in total. The van der Waals surface area contributed by atoms with E-state index in [-0.39, 0.29) is 23.7 Å². The van der Waals surface area contributed by atoms with Crippen molar-refractivity contribution in [1.82, 2.24) is 9.47 Å². The molecule has 5 rings (SSSR count). The van der Waals surface area contributed by atoms with Crippen molar-refractivity contribution in [3.63, 3.8) is 0 Å². The van der Waals surface area contributed by atoms with E-state index in [9.17, 15) is 19.1 Å². The molecule has 0 saturated carbocycles. The molecule has 3 atom stereocenters. The number of aromatic nitrogens is 1. The maximum atomic E-state index is 14.5. The summed E-state index contributed by atoms with van der Waals surface area (Å²) in [6, 6.07) is 23.3. The number of halogens is 1. The minimum atomic E-state index is -0.900. The molecule has 0 fully saturated rings. The zero-order valence-electron chi connectivity index (χ0n) is 23.6. The Morgan fingerprint density at radius 2 is 1.78 bits per heavy atom. The number of aliphatic carboxylic acids is 1. The molecule has 7 heteroatoms. The first kappa shape index (κ1) is 28.4. The largest absolute Gasteiger partial charge is 0.492 e. The zero-order valence-corrected chi connectivity index (χ0v) is 23.6. The van der Waals surface area contributed by atoms with Gasteiger partial charge in [-0.1, -0.05) is 62.4 Å². The van der Waals surface area contributed by atoms with Gasteiger partial charge in [-0.25, -0.2) is 9.18 Å². The first-order valence-electron chi connectivity index (χ1n) is 14.4. The molecule has 1 heterocycles. The molecule has 0 radical (unpaired) electrons. The summed E-state index contributed by atoms with van der Waals surface area (Å²) >= 11 is 0. The van der Waals surface area contributed by atoms with E-state index in [1.165, 1.54) is 12.1 Å². The number of para-hydroxylation sites is 1. The number of benzene rings is 3. The number of hydrogen-bond acceptors (Lipinski definition) is 3. The van der Waals surface area contributed by atoms with Crippen LogP contribution in [0.4, 0.5) is 4.39 Å². The number of carbonyl (C=O) groups excluding carboxylic acids is 1. The van der Waals surface area contributed by atoms with E-state index >= 15 is 0 Å². The van der Waals surface area contributed by atoms with Crippen molar-refractivity contribution >= 4 is 22.8 Å². The van der Waals surface area contributed by atoms with Crippen LogP contribution in [0.3, 0.4) is 0 Å². The topological polar surface area (TPSA) is 71.8 Å². The molecule has 1 aliphatic rings. The second kappa shape index (κ2) is 12.6. The van der Waals surface area contributed by atoms with Crippen LogP contribution in [0.5, 0.6) is 5.75 Å². The van der Waals surface area contributed by atoms with Crippen molar-refractivity contribution in [3.05, 3.63) is 102 Å². The van der Waals surface area contributed by atoms with Crippen molar-refractivity contribution in [2.75, 3.05) is 13.2 Å². The summed E-state index contributed by atoms with van der Waals surface area (Å²) in [6.45, 7) is 4.60. The van der Waals surface area contributed by atoms with Crippen LogP contribution >= 0.6 is 0 Å². The third-order valence-corrected chi connectivity index (χ3v) is 8.19. The van der Waals surface area contributed by atoms with Gasteiger partial charge in [-0.05, 0) is 73.6 Å². The molecule has 3 unspecified atom stereocenters. The highest BCUT2D eigenvalue weighted by Crippen LogP contribution is 2.37. The number of fused-ring (bicyclic) bond motifs is 3. The van der Waals surface area contributed by atoms with Crippen molar-refractivity contribution < 1.29 is 23.8 Å². The van der Waals surface area contributed by atoms with E-state index in [1.807, 2.05) is 84.0 Å². The molecule has 3 aromatic carbocycles. The minimum Gasteiger partial charge on any atom is -0.492 e. The number of carboxylic acids is 1. The van der Waals surface area contributed by atoms with E-state index in [1.54, 1.807) is 6.07 Å². The molecule has 1 aliphatic carbocycles. The van der Waals surface area contributed by atoms with Gasteiger partial charge in [0.25, 0.3) is 0 Å². The van der Waals surface area contributed by atoms with Gasteiger partial charge < -0.3 is 19.3 Å². The smallest absolute Gasteiger partial charge is 0.326 e. The van der Waals surface area contributed by atoms with E-state index < -0.39 is 12.0 Å². The summed E-state index contributed by atoms with van der Waals surface area (Å²) in [5, 5.41) is 10.7. The Morgan fingerprint density at radius 3 is 2.46 bits per heavy atom. The number of nitrogens with zero attached hydrogens (tertiary/aromatic N) is 2. The van der Waals surface area contributed by atoms with E-state index in [2.05, 4.69) is 0 Å². The number of ether oxygens (including phenoxy) is 1. The van der Waals surface area contributed by atoms with Gasteiger partial charge in [0.2, 0.25) is 5.91 Å². The summed E-state index contributed by atoms with van der Waals surface area (Å²) in [7, 11) is 0. The summed E-state index contributed by atoms with van der Waals surface area (Å²) in [5.41, 5.74) is 3.71. The lowest BCUT2D eigenvalue weighted by atomic mass is 9.89. The first-order valence-corrected chi connectivity index (χ1v) is 14.4. The number of carbonyl (C=O) groups is 2. The summed E-state index contributed by atoms with van der Waals surface area (Å²) in [4.78, 5) is 28.1. The minimum absolute atomic E-state index is 0.0610. The van der Waals surface area contributed by atoms with Gasteiger partial charge in [-0.15, -0.1) is 0 Å². The highest BCUT2D eigenvalue weighted by atomic mass is 19.1. The molecule has 6 nitrogen and oxygen atoms in total. The van der Waals surface area contributed by atoms with Gasteiger partial charge >= 0.3 is 5.97 Å². The summed E-state index contributed by atoms with van der Waals surface area (Å²) in [6.07, 6.45) is 2.89. The Hall–Kier alpha value is -4.13. The third-order valence-electron chi connectivity index (χ3n) is 8.19. The van der Waals surface area contributed by atoms with Crippen LogP contribution < -0.4 is 4.74 Å². The van der Waals surface area contributed by atoms with Crippen LogP contribution in [0.25, 0.3) is 10.9 Å². The van der Waals surface area contributed by atoms with Gasteiger partial charge in [0.1, 0.15) is 24.2 Å². The number of rotatable bonds is 11. The maximum absolute atomic E-state index is 14.5. The fraction of sp³-hybridized carbons (Fsp3) is 0.353. The summed E-state index contributed by atoms with van der Waals surface area (Å²) in [5.74, 6) is -0.676. The number of amides is 1. The molecule has 214 valence electrons. The Bertz CT molecular complexity index is 1500. The fourth-order valence-corrected chi connectivity index (χ4v) is 6.23. The van der Waals surface area contributed by atoms with Crippen molar-refractivity contribution in [1.29, 1.82) is 0 Å². The normalized spacial score (nSPS) is 16.1. The SMILES string of the molecule is CCC(C(=O)O)n1c2c(c3cc(F)ccc31)CC(N(CCOc1ccccc1)C(=O)C(C)Cc1ccccc1)CC2. The van der Waals surface area contributed by atoms with E-state index in [4.69, 9.17) is 4.74 Å². The Morgan fingerprint density at radius 1 is 1.07 bits per heavy atom. The summed E-state index contributed by atoms with van der Waals surface area (Å²) < 4.78 is 22.4. The van der Waals surface area contributed by atoms with Crippen LogP contribution in [-0.4, -0.2) is 45.6 Å². The van der Waals surface area contributed by atoms with Crippen LogP contribution in [0, 0.1) is 11.7 Å². The molecule has 0 saturated heterocycles. The molecule has 0 aliphatic heterocycles. The lowest BCUT2D eigenvalue weighted by Crippen LogP contribution is -2.48. The van der Waals surface area contributed by atoms with Crippen molar-refractivity contribution in [3.8, 4) is 5.75 Å². The number of carboxylic acid groups (broad SMARTS) is 1. The van der Waals surface area contributed by atoms with Gasteiger partial charge in [-0.2, -0.15) is 0 Å². The maximum Gasteiger partial charge on any atom is 0.326 e. The van der Waals surface area contributed by atoms with Crippen LogP contribution in [0.1, 0.15) is 49.6 Å². The Kier molecular flexibility index (Phi) is 8.72. The first-order chi connectivity index (χ1) is 19.9. The Balaban J connectivity index is 1.45. The van der Waals surface area contributed by atoms with Gasteiger partial charge in [0.15, 0.2) is 0 Å². The van der Waals surface area contributed by atoms with Crippen molar-refractivity contribution in [2.24, 2.45) is 5.92 Å². The predicted octanol–water partition coefficient (Wildman–Crippen LogP) is 6.46. The van der Waals surface area contributed by atoms with Crippen LogP contribution in [0.15, 0.2) is 78.9 Å². The van der Waals surface area contributed by atoms with Crippen molar-refractivity contribution in [2.45, 2.75) is 58.0 Å². The van der Waals surface area contributed by atoms with Gasteiger partial charge in [0.05, 0.1) is 6.54 Å². The standard InChI is InChI=1S/C34H37FN2O4/c1-3-30(34(39)40)37-31-16-14-25(35)21-28(31)29-22-26(15-17-32(29)37)36(18-19-41-27-12-8-5-9-13-27)33(38)23(2)20-24-10-6-4-7-11-24/h4-14,16,21,23,26,30H,3,15,17-20,22H2,1-2H3,(H,39,40). The zero-order chi connectivity index (χ0) is 28.9. The lowest BCUT2D eigenvalue weighted by Gasteiger charge is -2.37. The molecule has 0 spiro atoms. The second-order valence-corrected chi connectivity index (χ2v) is 10.9. The van der Waals surface area contributed by atoms with E-state index in [0.717, 1.165) is 33.5 Å². The van der Waals surface area contributed by atoms with Gasteiger partial charge in [-0.3, -0.25) is 4.79 Å². The fourth-order valence-electron chi connectivity index (χ4n) is 6.23. The molecule has 1 aromatic heterocycles. The quantitative estimate of drug-likeness (QED) is 0.230. The monoisotopic (exact) mass is 556 g/mol.